The molecule has 1 amide bonds. The molecule has 0 radical (unpaired) electrons. The normalized spacial score (nSPS) is 18.7. The lowest BCUT2D eigenvalue weighted by Gasteiger charge is -2.38. The van der Waals surface area contributed by atoms with E-state index in [1.807, 2.05) is 26.8 Å². The average Bonchev–Trinajstić information content (AvgIpc) is 3.13. The molecule has 1 aromatic heterocycles. The van der Waals surface area contributed by atoms with Crippen molar-refractivity contribution in [2.24, 2.45) is 5.73 Å². The van der Waals surface area contributed by atoms with Crippen molar-refractivity contribution >= 4 is 17.8 Å². The summed E-state index contributed by atoms with van der Waals surface area (Å²) in [5, 5.41) is 29.3. The number of aliphatic hydroxyl groups excluding tert-OH is 1. The Kier molecular flexibility index (Phi) is 6.36. The molecular formula is C19H28N6O4. The Morgan fingerprint density at radius 2 is 2.14 bits per heavy atom. The monoisotopic (exact) mass is 404 g/mol. The smallest absolute Gasteiger partial charge is 0.407 e. The van der Waals surface area contributed by atoms with E-state index >= 15 is 0 Å². The second-order valence-corrected chi connectivity index (χ2v) is 7.52. The quantitative estimate of drug-likeness (QED) is 0.565. The maximum Gasteiger partial charge on any atom is 0.407 e. The molecule has 5 N–H and O–H groups in total. The van der Waals surface area contributed by atoms with Gasteiger partial charge < -0.3 is 30.6 Å². The molecule has 1 aliphatic heterocycles. The summed E-state index contributed by atoms with van der Waals surface area (Å²) in [6.45, 7) is 8.30. The summed E-state index contributed by atoms with van der Waals surface area (Å²) < 4.78 is 5.48. The highest BCUT2D eigenvalue weighted by Gasteiger charge is 2.27. The molecule has 10 heteroatoms. The van der Waals surface area contributed by atoms with Crippen molar-refractivity contribution in [1.29, 1.82) is 0 Å². The molecule has 158 valence electrons. The summed E-state index contributed by atoms with van der Waals surface area (Å²) in [5.74, 6) is 0.172. The molecule has 1 saturated heterocycles. The molecule has 10 nitrogen and oxygen atoms in total. The number of piperazine rings is 1. The Morgan fingerprint density at radius 3 is 2.79 bits per heavy atom. The number of nitrogens with one attached hydrogen (secondary N) is 1. The number of aryl methyl sites for hydroxylation is 1. The molecule has 29 heavy (non-hydrogen) atoms. The fourth-order valence-electron chi connectivity index (χ4n) is 3.56. The number of anilines is 2. The van der Waals surface area contributed by atoms with Crippen LogP contribution in [0, 0.1) is 13.8 Å². The number of amides is 1. The molecule has 2 aromatic rings. The number of aromatic nitrogens is 2. The van der Waals surface area contributed by atoms with Crippen LogP contribution in [0.15, 0.2) is 16.5 Å². The van der Waals surface area contributed by atoms with Crippen molar-refractivity contribution in [3.05, 3.63) is 34.7 Å². The van der Waals surface area contributed by atoms with E-state index in [4.69, 9.17) is 15.3 Å². The van der Waals surface area contributed by atoms with Gasteiger partial charge in [-0.15, -0.1) is 5.10 Å². The number of hydrogen-bond acceptors (Lipinski definition) is 8. The van der Waals surface area contributed by atoms with Crippen LogP contribution in [-0.4, -0.2) is 68.6 Å². The molecule has 0 aliphatic carbocycles. The van der Waals surface area contributed by atoms with Gasteiger partial charge in [-0.2, -0.15) is 0 Å². The van der Waals surface area contributed by atoms with Gasteiger partial charge >= 0.3 is 12.1 Å². The van der Waals surface area contributed by atoms with E-state index in [1.54, 1.807) is 0 Å². The Morgan fingerprint density at radius 1 is 1.38 bits per heavy atom. The SMILES string of the molecule is Cc1cc(CN2CCN(C(=O)O)[C@@H](C)C2)c(C)c(Nc2nnc([C@@H](N)CO)o2)c1. The van der Waals surface area contributed by atoms with Gasteiger partial charge in [0.15, 0.2) is 0 Å². The van der Waals surface area contributed by atoms with Gasteiger partial charge in [-0.25, -0.2) is 4.79 Å². The summed E-state index contributed by atoms with van der Waals surface area (Å²) in [6, 6.07) is 3.59. The second kappa shape index (κ2) is 8.76. The lowest BCUT2D eigenvalue weighted by atomic mass is 10.0. The van der Waals surface area contributed by atoms with E-state index in [9.17, 15) is 9.90 Å². The first-order valence-corrected chi connectivity index (χ1v) is 9.57. The lowest BCUT2D eigenvalue weighted by molar-refractivity contribution is 0.0710. The Labute approximate surface area is 169 Å². The molecule has 3 rings (SSSR count). The molecule has 0 saturated carbocycles. The lowest BCUT2D eigenvalue weighted by Crippen LogP contribution is -2.53. The van der Waals surface area contributed by atoms with Gasteiger partial charge in [0, 0.05) is 37.9 Å². The summed E-state index contributed by atoms with van der Waals surface area (Å²) in [6.07, 6.45) is -0.866. The fraction of sp³-hybridized carbons (Fsp3) is 0.526. The minimum absolute atomic E-state index is 0.0449. The zero-order chi connectivity index (χ0) is 21.1. The number of aliphatic hydroxyl groups is 1. The Bertz CT molecular complexity index is 870. The van der Waals surface area contributed by atoms with Gasteiger partial charge in [-0.3, -0.25) is 4.90 Å². The van der Waals surface area contributed by atoms with Gasteiger partial charge in [0.1, 0.15) is 6.04 Å². The number of nitrogens with zero attached hydrogens (tertiary/aromatic N) is 4. The van der Waals surface area contributed by atoms with Crippen LogP contribution in [0.25, 0.3) is 0 Å². The number of benzene rings is 1. The molecule has 0 unspecified atom stereocenters. The minimum Gasteiger partial charge on any atom is -0.465 e. The van der Waals surface area contributed by atoms with Crippen molar-refractivity contribution in [2.45, 2.75) is 39.4 Å². The maximum absolute atomic E-state index is 11.3. The first-order chi connectivity index (χ1) is 13.8. The predicted octanol–water partition coefficient (Wildman–Crippen LogP) is 1.61. The molecule has 2 atom stereocenters. The summed E-state index contributed by atoms with van der Waals surface area (Å²) in [5.41, 5.74) is 9.84. The molecule has 1 aromatic carbocycles. The first kappa shape index (κ1) is 21.0. The van der Waals surface area contributed by atoms with Crippen molar-refractivity contribution in [1.82, 2.24) is 20.0 Å². The van der Waals surface area contributed by atoms with Crippen LogP contribution in [0.4, 0.5) is 16.5 Å². The maximum atomic E-state index is 11.3. The molecule has 1 aliphatic rings. The van der Waals surface area contributed by atoms with Gasteiger partial charge in [0.05, 0.1) is 6.61 Å². The van der Waals surface area contributed by atoms with E-state index in [0.717, 1.165) is 28.9 Å². The van der Waals surface area contributed by atoms with Crippen LogP contribution in [0.5, 0.6) is 0 Å². The third-order valence-electron chi connectivity index (χ3n) is 5.21. The van der Waals surface area contributed by atoms with Crippen LogP contribution >= 0.6 is 0 Å². The first-order valence-electron chi connectivity index (χ1n) is 9.57. The van der Waals surface area contributed by atoms with Crippen molar-refractivity contribution in [3.8, 4) is 0 Å². The van der Waals surface area contributed by atoms with Gasteiger partial charge in [-0.1, -0.05) is 11.2 Å². The predicted molar refractivity (Wildman–Crippen MR) is 107 cm³/mol. The van der Waals surface area contributed by atoms with Crippen LogP contribution in [-0.2, 0) is 6.54 Å². The third-order valence-corrected chi connectivity index (χ3v) is 5.21. The minimum atomic E-state index is -0.866. The largest absolute Gasteiger partial charge is 0.465 e. The molecule has 0 bridgehead atoms. The van der Waals surface area contributed by atoms with Gasteiger partial charge in [0.25, 0.3) is 0 Å². The number of carboxylic acid groups (broad SMARTS) is 1. The van der Waals surface area contributed by atoms with Crippen molar-refractivity contribution in [2.75, 3.05) is 31.6 Å². The van der Waals surface area contributed by atoms with E-state index < -0.39 is 12.1 Å². The fourth-order valence-corrected chi connectivity index (χ4v) is 3.56. The Hall–Kier alpha value is -2.69. The zero-order valence-electron chi connectivity index (χ0n) is 16.9. The van der Waals surface area contributed by atoms with Crippen molar-refractivity contribution in [3.63, 3.8) is 0 Å². The average molecular weight is 404 g/mol. The van der Waals surface area contributed by atoms with E-state index in [0.29, 0.717) is 19.6 Å². The van der Waals surface area contributed by atoms with Crippen LogP contribution in [0.2, 0.25) is 0 Å². The molecule has 2 heterocycles. The van der Waals surface area contributed by atoms with E-state index in [1.165, 1.54) is 4.90 Å². The van der Waals surface area contributed by atoms with E-state index in [-0.39, 0.29) is 24.6 Å². The summed E-state index contributed by atoms with van der Waals surface area (Å²) in [4.78, 5) is 15.0. The van der Waals surface area contributed by atoms with Crippen LogP contribution in [0.1, 0.15) is 35.5 Å². The second-order valence-electron chi connectivity index (χ2n) is 7.52. The van der Waals surface area contributed by atoms with Gasteiger partial charge in [-0.05, 0) is 43.5 Å². The van der Waals surface area contributed by atoms with Crippen molar-refractivity contribution < 1.29 is 19.4 Å². The number of nitrogens with two attached hydrogens (primary N) is 1. The van der Waals surface area contributed by atoms with Gasteiger partial charge in [0.2, 0.25) is 5.89 Å². The molecule has 0 spiro atoms. The number of carbonyl (C=O) groups is 1. The highest BCUT2D eigenvalue weighted by atomic mass is 16.4. The number of hydrogen-bond donors (Lipinski definition) is 4. The van der Waals surface area contributed by atoms with Crippen LogP contribution < -0.4 is 11.1 Å². The zero-order valence-corrected chi connectivity index (χ0v) is 16.9. The highest BCUT2D eigenvalue weighted by molar-refractivity contribution is 5.65. The number of rotatable bonds is 6. The standard InChI is InChI=1S/C19H28N6O4/c1-11-6-14(9-24-4-5-25(19(27)28)12(2)8-24)13(3)16(7-11)21-18-23-22-17(29-18)15(20)10-26/h6-7,12,15,26H,4-5,8-10,20H2,1-3H3,(H,21,23)(H,27,28)/t12-,15-/m0/s1. The topological polar surface area (TPSA) is 141 Å². The van der Waals surface area contributed by atoms with Crippen LogP contribution in [0.3, 0.4) is 0 Å². The van der Waals surface area contributed by atoms with E-state index in [2.05, 4.69) is 26.5 Å². The molecule has 1 fully saturated rings. The molecular weight excluding hydrogens is 376 g/mol. The third kappa shape index (κ3) is 4.84. The summed E-state index contributed by atoms with van der Waals surface area (Å²) >= 11 is 0. The summed E-state index contributed by atoms with van der Waals surface area (Å²) in [7, 11) is 0. The Balaban J connectivity index is 1.74. The highest BCUT2D eigenvalue weighted by Crippen LogP contribution is 2.27.